The third-order valence-electron chi connectivity index (χ3n) is 5.93. The van der Waals surface area contributed by atoms with Gasteiger partial charge in [0.15, 0.2) is 0 Å². The van der Waals surface area contributed by atoms with Crippen LogP contribution in [-0.4, -0.2) is 50.1 Å². The van der Waals surface area contributed by atoms with Crippen LogP contribution in [0.25, 0.3) is 0 Å². The highest BCUT2D eigenvalue weighted by Crippen LogP contribution is 2.25. The Morgan fingerprint density at radius 2 is 1.73 bits per heavy atom. The van der Waals surface area contributed by atoms with Gasteiger partial charge in [-0.15, -0.1) is 0 Å². The highest BCUT2D eigenvalue weighted by Gasteiger charge is 2.26. The van der Waals surface area contributed by atoms with E-state index in [2.05, 4.69) is 5.32 Å². The molecule has 5 nitrogen and oxygen atoms in total. The molecule has 1 unspecified atom stereocenters. The number of methoxy groups -OCH3 is 1. The van der Waals surface area contributed by atoms with E-state index in [0.717, 1.165) is 37.9 Å². The number of rotatable bonds is 8. The third kappa shape index (κ3) is 5.92. The molecule has 1 saturated heterocycles. The van der Waals surface area contributed by atoms with Crippen molar-refractivity contribution in [3.8, 4) is 0 Å². The summed E-state index contributed by atoms with van der Waals surface area (Å²) in [5.74, 6) is 0.634. The first kappa shape index (κ1) is 22.0. The standard InChI is InChI=1S/C25H32N2O3/c1-19(22-6-4-3-5-7-22)25(29)27-15-12-21(13-16-27)18-20-8-10-23(11-9-20)24(28)26-14-17-30-2/h3-11,19,21H,12-18H2,1-2H3,(H,26,28). The number of amides is 2. The molecule has 3 rings (SSSR count). The minimum atomic E-state index is -0.0923. The van der Waals surface area contributed by atoms with Crippen LogP contribution in [0.4, 0.5) is 0 Å². The van der Waals surface area contributed by atoms with Crippen LogP contribution < -0.4 is 5.32 Å². The molecule has 30 heavy (non-hydrogen) atoms. The molecule has 1 heterocycles. The van der Waals surface area contributed by atoms with Crippen molar-refractivity contribution in [1.82, 2.24) is 10.2 Å². The van der Waals surface area contributed by atoms with Gasteiger partial charge in [-0.2, -0.15) is 0 Å². The van der Waals surface area contributed by atoms with Crippen molar-refractivity contribution < 1.29 is 14.3 Å². The topological polar surface area (TPSA) is 58.6 Å². The minimum Gasteiger partial charge on any atom is -0.383 e. The molecule has 0 aromatic heterocycles. The summed E-state index contributed by atoms with van der Waals surface area (Å²) < 4.78 is 4.95. The van der Waals surface area contributed by atoms with Crippen LogP contribution in [0.2, 0.25) is 0 Å². The van der Waals surface area contributed by atoms with E-state index in [1.54, 1.807) is 7.11 Å². The molecule has 2 aromatic carbocycles. The largest absolute Gasteiger partial charge is 0.383 e. The van der Waals surface area contributed by atoms with E-state index in [1.807, 2.05) is 66.4 Å². The number of hydrogen-bond acceptors (Lipinski definition) is 3. The lowest BCUT2D eigenvalue weighted by molar-refractivity contribution is -0.133. The monoisotopic (exact) mass is 408 g/mol. The molecule has 1 aliphatic heterocycles. The second-order valence-electron chi connectivity index (χ2n) is 8.05. The minimum absolute atomic E-state index is 0.0713. The van der Waals surface area contributed by atoms with Crippen LogP contribution in [0.1, 0.15) is 47.2 Å². The van der Waals surface area contributed by atoms with Crippen molar-refractivity contribution in [2.45, 2.75) is 32.1 Å². The normalized spacial score (nSPS) is 15.6. The molecule has 0 bridgehead atoms. The van der Waals surface area contributed by atoms with Gasteiger partial charge in [0, 0.05) is 32.3 Å². The van der Waals surface area contributed by atoms with Crippen LogP contribution in [0.15, 0.2) is 54.6 Å². The summed E-state index contributed by atoms with van der Waals surface area (Å²) in [6, 6.07) is 17.9. The van der Waals surface area contributed by atoms with Crippen LogP contribution in [0, 0.1) is 5.92 Å². The summed E-state index contributed by atoms with van der Waals surface area (Å²) in [5.41, 5.74) is 2.99. The zero-order valence-electron chi connectivity index (χ0n) is 18.0. The van der Waals surface area contributed by atoms with Crippen molar-refractivity contribution in [1.29, 1.82) is 0 Å². The van der Waals surface area contributed by atoms with Gasteiger partial charge in [-0.1, -0.05) is 42.5 Å². The second-order valence-corrected chi connectivity index (χ2v) is 8.05. The van der Waals surface area contributed by atoms with E-state index < -0.39 is 0 Å². The Labute approximate surface area is 179 Å². The predicted octanol–water partition coefficient (Wildman–Crippen LogP) is 3.65. The molecule has 0 aliphatic carbocycles. The Morgan fingerprint density at radius 3 is 2.37 bits per heavy atom. The number of likely N-dealkylation sites (tertiary alicyclic amines) is 1. The van der Waals surface area contributed by atoms with Gasteiger partial charge in [0.25, 0.3) is 5.91 Å². The third-order valence-corrected chi connectivity index (χ3v) is 5.93. The van der Waals surface area contributed by atoms with Gasteiger partial charge in [-0.25, -0.2) is 0 Å². The highest BCUT2D eigenvalue weighted by atomic mass is 16.5. The molecule has 5 heteroatoms. The molecule has 1 aliphatic rings. The number of carbonyl (C=O) groups is 2. The number of piperidine rings is 1. The number of nitrogens with zero attached hydrogens (tertiary/aromatic N) is 1. The predicted molar refractivity (Wildman–Crippen MR) is 119 cm³/mol. The zero-order chi connectivity index (χ0) is 21.3. The molecular weight excluding hydrogens is 376 g/mol. The lowest BCUT2D eigenvalue weighted by Crippen LogP contribution is -2.40. The number of benzene rings is 2. The van der Waals surface area contributed by atoms with E-state index in [0.29, 0.717) is 24.6 Å². The summed E-state index contributed by atoms with van der Waals surface area (Å²) in [6.07, 6.45) is 3.03. The van der Waals surface area contributed by atoms with Gasteiger partial charge >= 0.3 is 0 Å². The second kappa shape index (κ2) is 10.9. The smallest absolute Gasteiger partial charge is 0.251 e. The van der Waals surface area contributed by atoms with Crippen LogP contribution in [0.5, 0.6) is 0 Å². The molecular formula is C25H32N2O3. The number of nitrogens with one attached hydrogen (secondary N) is 1. The summed E-state index contributed by atoms with van der Waals surface area (Å²) in [4.78, 5) is 26.9. The average Bonchev–Trinajstić information content (AvgIpc) is 2.80. The lowest BCUT2D eigenvalue weighted by atomic mass is 9.89. The maximum Gasteiger partial charge on any atom is 0.251 e. The fourth-order valence-electron chi connectivity index (χ4n) is 4.01. The Morgan fingerprint density at radius 1 is 1.07 bits per heavy atom. The van der Waals surface area contributed by atoms with E-state index in [4.69, 9.17) is 4.74 Å². The summed E-state index contributed by atoms with van der Waals surface area (Å²) in [5, 5.41) is 2.84. The number of carbonyl (C=O) groups excluding carboxylic acids is 2. The van der Waals surface area contributed by atoms with Crippen LogP contribution in [0.3, 0.4) is 0 Å². The number of hydrogen-bond donors (Lipinski definition) is 1. The fraction of sp³-hybridized carbons (Fsp3) is 0.440. The fourth-order valence-corrected chi connectivity index (χ4v) is 4.01. The average molecular weight is 409 g/mol. The first-order valence-electron chi connectivity index (χ1n) is 10.8. The molecule has 1 atom stereocenters. The van der Waals surface area contributed by atoms with E-state index in [-0.39, 0.29) is 17.7 Å². The van der Waals surface area contributed by atoms with E-state index >= 15 is 0 Å². The van der Waals surface area contributed by atoms with Crippen molar-refractivity contribution in [3.63, 3.8) is 0 Å². The molecule has 0 spiro atoms. The molecule has 0 saturated carbocycles. The van der Waals surface area contributed by atoms with Gasteiger partial charge in [0.05, 0.1) is 12.5 Å². The molecule has 1 fully saturated rings. The quantitative estimate of drug-likeness (QED) is 0.679. The van der Waals surface area contributed by atoms with Crippen LogP contribution in [-0.2, 0) is 16.0 Å². The summed E-state index contributed by atoms with van der Waals surface area (Å²) >= 11 is 0. The number of ether oxygens (including phenoxy) is 1. The molecule has 1 N–H and O–H groups in total. The lowest BCUT2D eigenvalue weighted by Gasteiger charge is -2.34. The van der Waals surface area contributed by atoms with E-state index in [9.17, 15) is 9.59 Å². The molecule has 0 radical (unpaired) electrons. The SMILES string of the molecule is COCCNC(=O)c1ccc(CC2CCN(C(=O)C(C)c3ccccc3)CC2)cc1. The first-order chi connectivity index (χ1) is 14.6. The van der Waals surface area contributed by atoms with Gasteiger partial charge in [0.2, 0.25) is 5.91 Å². The highest BCUT2D eigenvalue weighted by molar-refractivity contribution is 5.94. The maximum absolute atomic E-state index is 12.8. The summed E-state index contributed by atoms with van der Waals surface area (Å²) in [7, 11) is 1.62. The maximum atomic E-state index is 12.8. The van der Waals surface area contributed by atoms with Gasteiger partial charge in [-0.05, 0) is 55.4 Å². The molecule has 2 aromatic rings. The van der Waals surface area contributed by atoms with Gasteiger partial charge in [0.1, 0.15) is 0 Å². The Kier molecular flexibility index (Phi) is 8.03. The van der Waals surface area contributed by atoms with Crippen molar-refractivity contribution in [3.05, 3.63) is 71.3 Å². The molecule has 2 amide bonds. The zero-order valence-corrected chi connectivity index (χ0v) is 18.0. The molecule has 160 valence electrons. The van der Waals surface area contributed by atoms with Crippen molar-refractivity contribution in [2.75, 3.05) is 33.4 Å². The van der Waals surface area contributed by atoms with E-state index in [1.165, 1.54) is 5.56 Å². The Bertz CT molecular complexity index is 812. The van der Waals surface area contributed by atoms with Crippen LogP contribution >= 0.6 is 0 Å². The Hall–Kier alpha value is -2.66. The Balaban J connectivity index is 1.46. The van der Waals surface area contributed by atoms with Gasteiger partial charge in [-0.3, -0.25) is 9.59 Å². The van der Waals surface area contributed by atoms with Crippen molar-refractivity contribution in [2.24, 2.45) is 5.92 Å². The summed E-state index contributed by atoms with van der Waals surface area (Å²) in [6.45, 7) is 4.66. The first-order valence-corrected chi connectivity index (χ1v) is 10.8. The van der Waals surface area contributed by atoms with Crippen molar-refractivity contribution >= 4 is 11.8 Å². The van der Waals surface area contributed by atoms with Gasteiger partial charge < -0.3 is 15.0 Å².